The largest absolute Gasteiger partial charge is 0.469 e. The Morgan fingerprint density at radius 2 is 2.12 bits per heavy atom. The monoisotopic (exact) mass is 242 g/mol. The second-order valence-corrected chi connectivity index (χ2v) is 5.04. The molecule has 0 aliphatic carbocycles. The van der Waals surface area contributed by atoms with Crippen molar-refractivity contribution in [3.05, 3.63) is 30.1 Å². The van der Waals surface area contributed by atoms with Crippen LogP contribution in [0.5, 0.6) is 0 Å². The fraction of sp³-hybridized carbons (Fsp3) is 0.417. The maximum Gasteiger partial charge on any atom is 0.309 e. The van der Waals surface area contributed by atoms with Crippen LogP contribution < -0.4 is 0 Å². The average molecular weight is 242 g/mol. The number of carbonyl (C=O) groups is 1. The molecule has 0 saturated heterocycles. The molecule has 0 fully saturated rings. The third kappa shape index (κ3) is 3.52. The molecular weight excluding hydrogens is 227 g/mol. The smallest absolute Gasteiger partial charge is 0.309 e. The van der Waals surface area contributed by atoms with Gasteiger partial charge in [-0.25, -0.2) is 4.39 Å². The van der Waals surface area contributed by atoms with Crippen LogP contribution in [0, 0.1) is 11.7 Å². The number of hydrogen-bond donors (Lipinski definition) is 0. The van der Waals surface area contributed by atoms with Gasteiger partial charge in [0.1, 0.15) is 5.82 Å². The van der Waals surface area contributed by atoms with E-state index in [9.17, 15) is 9.18 Å². The second kappa shape index (κ2) is 5.89. The predicted molar refractivity (Wildman–Crippen MR) is 62.9 cm³/mol. The summed E-state index contributed by atoms with van der Waals surface area (Å²) in [5, 5.41) is 0.0502. The summed E-state index contributed by atoms with van der Waals surface area (Å²) in [6, 6.07) is 6.35. The van der Waals surface area contributed by atoms with Gasteiger partial charge in [-0.15, -0.1) is 11.8 Å². The summed E-state index contributed by atoms with van der Waals surface area (Å²) in [5.74, 6) is -0.711. The fourth-order valence-electron chi connectivity index (χ4n) is 1.23. The standard InChI is InChI=1S/C12H15FO2S/c1-8(12(14)15-3)9(2)16-11-6-4-5-10(13)7-11/h4-9H,1-3H3. The van der Waals surface area contributed by atoms with E-state index in [4.69, 9.17) is 0 Å². The van der Waals surface area contributed by atoms with Crippen LogP contribution in [0.1, 0.15) is 13.8 Å². The summed E-state index contributed by atoms with van der Waals surface area (Å²) >= 11 is 1.47. The highest BCUT2D eigenvalue weighted by Crippen LogP contribution is 2.28. The lowest BCUT2D eigenvalue weighted by atomic mass is 10.1. The number of ether oxygens (including phenoxy) is 1. The van der Waals surface area contributed by atoms with E-state index < -0.39 is 0 Å². The van der Waals surface area contributed by atoms with Crippen molar-refractivity contribution in [1.29, 1.82) is 0 Å². The highest BCUT2D eigenvalue weighted by molar-refractivity contribution is 8.00. The topological polar surface area (TPSA) is 26.3 Å². The Morgan fingerprint density at radius 3 is 2.69 bits per heavy atom. The van der Waals surface area contributed by atoms with Crippen LogP contribution in [-0.4, -0.2) is 18.3 Å². The molecule has 0 heterocycles. The summed E-state index contributed by atoms with van der Waals surface area (Å²) in [4.78, 5) is 12.1. The van der Waals surface area contributed by atoms with E-state index in [1.165, 1.54) is 31.0 Å². The van der Waals surface area contributed by atoms with E-state index in [1.807, 2.05) is 19.9 Å². The molecule has 1 aromatic rings. The summed E-state index contributed by atoms with van der Waals surface area (Å²) in [6.07, 6.45) is 0. The molecule has 0 bridgehead atoms. The summed E-state index contributed by atoms with van der Waals surface area (Å²) in [6.45, 7) is 3.74. The van der Waals surface area contributed by atoms with Crippen LogP contribution in [0.15, 0.2) is 29.2 Å². The van der Waals surface area contributed by atoms with Crippen LogP contribution in [0.3, 0.4) is 0 Å². The molecule has 2 unspecified atom stereocenters. The van der Waals surface area contributed by atoms with Crippen LogP contribution in [0.4, 0.5) is 4.39 Å². The van der Waals surface area contributed by atoms with Crippen LogP contribution >= 0.6 is 11.8 Å². The Morgan fingerprint density at radius 1 is 1.44 bits per heavy atom. The van der Waals surface area contributed by atoms with Crippen LogP contribution in [0.2, 0.25) is 0 Å². The lowest BCUT2D eigenvalue weighted by Gasteiger charge is -2.17. The van der Waals surface area contributed by atoms with E-state index in [2.05, 4.69) is 4.74 Å². The van der Waals surface area contributed by atoms with E-state index in [0.717, 1.165) is 4.90 Å². The molecule has 1 aromatic carbocycles. The normalized spacial score (nSPS) is 14.2. The van der Waals surface area contributed by atoms with Crippen molar-refractivity contribution >= 4 is 17.7 Å². The molecule has 0 aliphatic heterocycles. The number of hydrogen-bond acceptors (Lipinski definition) is 3. The van der Waals surface area contributed by atoms with Crippen molar-refractivity contribution in [2.24, 2.45) is 5.92 Å². The second-order valence-electron chi connectivity index (χ2n) is 3.59. The minimum Gasteiger partial charge on any atom is -0.469 e. The van der Waals surface area contributed by atoms with Gasteiger partial charge in [-0.05, 0) is 18.2 Å². The number of carbonyl (C=O) groups excluding carboxylic acids is 1. The number of benzene rings is 1. The molecule has 0 spiro atoms. The molecule has 88 valence electrons. The van der Waals surface area contributed by atoms with Crippen molar-refractivity contribution in [2.75, 3.05) is 7.11 Å². The molecule has 0 radical (unpaired) electrons. The average Bonchev–Trinajstić information content (AvgIpc) is 2.27. The van der Waals surface area contributed by atoms with Crippen molar-refractivity contribution in [3.63, 3.8) is 0 Å². The lowest BCUT2D eigenvalue weighted by molar-refractivity contribution is -0.144. The van der Waals surface area contributed by atoms with Crippen LogP contribution in [0.25, 0.3) is 0 Å². The highest BCUT2D eigenvalue weighted by Gasteiger charge is 2.21. The molecule has 0 N–H and O–H groups in total. The first-order valence-electron chi connectivity index (χ1n) is 5.04. The van der Waals surface area contributed by atoms with Gasteiger partial charge in [0.05, 0.1) is 13.0 Å². The lowest BCUT2D eigenvalue weighted by Crippen LogP contribution is -2.21. The minimum atomic E-state index is -0.261. The number of methoxy groups -OCH3 is 1. The van der Waals surface area contributed by atoms with Gasteiger partial charge in [0.25, 0.3) is 0 Å². The van der Waals surface area contributed by atoms with Gasteiger partial charge in [-0.1, -0.05) is 19.9 Å². The first-order valence-corrected chi connectivity index (χ1v) is 5.92. The third-order valence-corrected chi connectivity index (χ3v) is 3.70. The van der Waals surface area contributed by atoms with Gasteiger partial charge in [0.2, 0.25) is 0 Å². The molecule has 0 aromatic heterocycles. The van der Waals surface area contributed by atoms with Crippen molar-refractivity contribution in [1.82, 2.24) is 0 Å². The van der Waals surface area contributed by atoms with E-state index in [1.54, 1.807) is 6.07 Å². The number of rotatable bonds is 4. The molecule has 0 aliphatic rings. The van der Waals surface area contributed by atoms with Gasteiger partial charge >= 0.3 is 5.97 Å². The predicted octanol–water partition coefficient (Wildman–Crippen LogP) is 3.12. The number of esters is 1. The summed E-state index contributed by atoms with van der Waals surface area (Å²) in [5.41, 5.74) is 0. The first kappa shape index (κ1) is 13.0. The van der Waals surface area contributed by atoms with Gasteiger partial charge in [0, 0.05) is 10.1 Å². The van der Waals surface area contributed by atoms with E-state index in [-0.39, 0.29) is 23.0 Å². The zero-order valence-electron chi connectivity index (χ0n) is 9.57. The Hall–Kier alpha value is -1.03. The van der Waals surface area contributed by atoms with Crippen molar-refractivity contribution < 1.29 is 13.9 Å². The van der Waals surface area contributed by atoms with Gasteiger partial charge in [-0.2, -0.15) is 0 Å². The maximum absolute atomic E-state index is 12.9. The summed E-state index contributed by atoms with van der Waals surface area (Å²) in [7, 11) is 1.37. The molecule has 2 nitrogen and oxygen atoms in total. The molecule has 4 heteroatoms. The first-order chi connectivity index (χ1) is 7.54. The SMILES string of the molecule is COC(=O)C(C)C(C)Sc1cccc(F)c1. The summed E-state index contributed by atoms with van der Waals surface area (Å²) < 4.78 is 17.6. The molecule has 0 amide bonds. The molecule has 1 rings (SSSR count). The molecular formula is C12H15FO2S. The van der Waals surface area contributed by atoms with Gasteiger partial charge in [-0.3, -0.25) is 4.79 Å². The zero-order chi connectivity index (χ0) is 12.1. The van der Waals surface area contributed by atoms with E-state index >= 15 is 0 Å². The number of thioether (sulfide) groups is 1. The Bertz CT molecular complexity index is 368. The Kier molecular flexibility index (Phi) is 4.80. The maximum atomic E-state index is 12.9. The quantitative estimate of drug-likeness (QED) is 0.599. The number of halogens is 1. The third-order valence-electron chi connectivity index (χ3n) is 2.40. The van der Waals surface area contributed by atoms with E-state index in [0.29, 0.717) is 0 Å². The molecule has 0 saturated carbocycles. The van der Waals surface area contributed by atoms with Crippen molar-refractivity contribution in [3.8, 4) is 0 Å². The van der Waals surface area contributed by atoms with Crippen LogP contribution in [-0.2, 0) is 9.53 Å². The van der Waals surface area contributed by atoms with Crippen molar-refractivity contribution in [2.45, 2.75) is 24.0 Å². The molecule has 2 atom stereocenters. The van der Waals surface area contributed by atoms with Gasteiger partial charge in [0.15, 0.2) is 0 Å². The minimum absolute atomic E-state index is 0.0502. The fourth-order valence-corrected chi connectivity index (χ4v) is 2.32. The Balaban J connectivity index is 2.64. The Labute approximate surface area is 99.2 Å². The highest BCUT2D eigenvalue weighted by atomic mass is 32.2. The van der Waals surface area contributed by atoms with Gasteiger partial charge < -0.3 is 4.74 Å². The molecule has 16 heavy (non-hydrogen) atoms. The zero-order valence-corrected chi connectivity index (χ0v) is 10.4.